The predicted molar refractivity (Wildman–Crippen MR) is 92.9 cm³/mol. The smallest absolute Gasteiger partial charge is 0.258 e. The largest absolute Gasteiger partial charge is 0.416 e. The number of nitrogens with zero attached hydrogens (tertiary/aromatic N) is 2. The molecule has 0 saturated heterocycles. The van der Waals surface area contributed by atoms with Gasteiger partial charge < -0.3 is 0 Å². The zero-order valence-electron chi connectivity index (χ0n) is 15.3. The van der Waals surface area contributed by atoms with E-state index in [-0.39, 0.29) is 6.07 Å². The minimum atomic E-state index is -5.11. The highest BCUT2D eigenvalue weighted by atomic mass is 32.2. The van der Waals surface area contributed by atoms with Crippen molar-refractivity contribution in [1.82, 2.24) is 4.31 Å². The van der Waals surface area contributed by atoms with Crippen molar-refractivity contribution in [3.05, 3.63) is 69.3 Å². The molecule has 0 aliphatic carbocycles. The summed E-state index contributed by atoms with van der Waals surface area (Å²) in [7, 11) is -3.72. The predicted octanol–water partition coefficient (Wildman–Crippen LogP) is 5.01. The molecule has 0 bridgehead atoms. The lowest BCUT2D eigenvalue weighted by Crippen LogP contribution is -2.30. The Balaban J connectivity index is 2.60. The molecule has 0 amide bonds. The zero-order chi connectivity index (χ0) is 23.1. The van der Waals surface area contributed by atoms with Gasteiger partial charge in [-0.25, -0.2) is 8.42 Å². The number of rotatable bonds is 5. The van der Waals surface area contributed by atoms with Gasteiger partial charge in [-0.15, -0.1) is 0 Å². The molecule has 0 fully saturated rings. The van der Waals surface area contributed by atoms with Gasteiger partial charge in [-0.3, -0.25) is 10.1 Å². The molecule has 0 N–H and O–H groups in total. The maximum atomic E-state index is 13.1. The summed E-state index contributed by atoms with van der Waals surface area (Å²) < 4.78 is 105. The Hall–Kier alpha value is -2.67. The first kappa shape index (κ1) is 23.6. The maximum absolute atomic E-state index is 13.1. The van der Waals surface area contributed by atoms with Gasteiger partial charge in [-0.2, -0.15) is 30.6 Å². The van der Waals surface area contributed by atoms with Crippen LogP contribution in [0.25, 0.3) is 0 Å². The van der Waals surface area contributed by atoms with Crippen LogP contribution in [-0.2, 0) is 22.4 Å². The Morgan fingerprint density at radius 3 is 1.87 bits per heavy atom. The lowest BCUT2D eigenvalue weighted by molar-refractivity contribution is -0.387. The first-order valence-corrected chi connectivity index (χ1v) is 9.51. The fourth-order valence-corrected chi connectivity index (χ4v) is 4.13. The SMILES string of the molecule is C[C@H](c1cc(C(F)(F)F)cc(C(F)(F)F)c1)N(C)S(=O)(=O)c1ccccc1[N+](=O)[O-]. The van der Waals surface area contributed by atoms with Crippen molar-refractivity contribution < 1.29 is 39.7 Å². The van der Waals surface area contributed by atoms with Gasteiger partial charge in [0.15, 0.2) is 4.90 Å². The van der Waals surface area contributed by atoms with E-state index in [2.05, 4.69) is 0 Å². The third-order valence-electron chi connectivity index (χ3n) is 4.36. The molecule has 0 heterocycles. The molecule has 0 aromatic heterocycles. The summed E-state index contributed by atoms with van der Waals surface area (Å²) in [6.07, 6.45) is -10.2. The Kier molecular flexibility index (Phi) is 6.19. The zero-order valence-corrected chi connectivity index (χ0v) is 16.1. The summed E-state index contributed by atoms with van der Waals surface area (Å²) in [4.78, 5) is 9.41. The quantitative estimate of drug-likeness (QED) is 0.360. The number of sulfonamides is 1. The van der Waals surface area contributed by atoms with Gasteiger partial charge in [0.1, 0.15) is 0 Å². The highest BCUT2D eigenvalue weighted by Crippen LogP contribution is 2.39. The second-order valence-electron chi connectivity index (χ2n) is 6.26. The highest BCUT2D eigenvalue weighted by molar-refractivity contribution is 7.89. The van der Waals surface area contributed by atoms with Crippen LogP contribution in [0.2, 0.25) is 0 Å². The topological polar surface area (TPSA) is 80.5 Å². The third-order valence-corrected chi connectivity index (χ3v) is 6.33. The van der Waals surface area contributed by atoms with Gasteiger partial charge in [0.25, 0.3) is 5.69 Å². The molecule has 13 heteroatoms. The summed E-state index contributed by atoms with van der Waals surface area (Å²) in [5.41, 5.74) is -4.57. The molecule has 164 valence electrons. The first-order valence-electron chi connectivity index (χ1n) is 8.07. The van der Waals surface area contributed by atoms with Crippen molar-refractivity contribution in [3.63, 3.8) is 0 Å². The average Bonchev–Trinajstić information content (AvgIpc) is 2.65. The highest BCUT2D eigenvalue weighted by Gasteiger charge is 2.39. The van der Waals surface area contributed by atoms with E-state index in [0.717, 1.165) is 26.1 Å². The second-order valence-corrected chi connectivity index (χ2v) is 8.23. The van der Waals surface area contributed by atoms with E-state index >= 15 is 0 Å². The molecule has 0 saturated carbocycles. The monoisotopic (exact) mass is 456 g/mol. The number of para-hydroxylation sites is 1. The summed E-state index contributed by atoms with van der Waals surface area (Å²) in [5, 5.41) is 11.1. The summed E-state index contributed by atoms with van der Waals surface area (Å²) >= 11 is 0. The molecular weight excluding hydrogens is 442 g/mol. The van der Waals surface area contributed by atoms with Crippen molar-refractivity contribution in [2.75, 3.05) is 7.05 Å². The van der Waals surface area contributed by atoms with Crippen LogP contribution in [0.4, 0.5) is 32.0 Å². The number of nitro benzene ring substituents is 1. The van der Waals surface area contributed by atoms with Gasteiger partial charge in [0, 0.05) is 19.2 Å². The Labute approximate surface area is 166 Å². The molecule has 1 atom stereocenters. The van der Waals surface area contributed by atoms with E-state index in [1.165, 1.54) is 12.1 Å². The number of alkyl halides is 6. The average molecular weight is 456 g/mol. The van der Waals surface area contributed by atoms with E-state index in [9.17, 15) is 44.9 Å². The van der Waals surface area contributed by atoms with Gasteiger partial charge in [-0.05, 0) is 36.8 Å². The molecule has 0 unspecified atom stereocenters. The van der Waals surface area contributed by atoms with Gasteiger partial charge >= 0.3 is 12.4 Å². The molecule has 0 aliphatic heterocycles. The van der Waals surface area contributed by atoms with E-state index in [1.54, 1.807) is 0 Å². The van der Waals surface area contributed by atoms with Crippen molar-refractivity contribution >= 4 is 15.7 Å². The minimum absolute atomic E-state index is 0.0766. The van der Waals surface area contributed by atoms with Gasteiger partial charge in [-0.1, -0.05) is 12.1 Å². The molecule has 30 heavy (non-hydrogen) atoms. The van der Waals surface area contributed by atoms with Crippen LogP contribution in [-0.4, -0.2) is 24.7 Å². The van der Waals surface area contributed by atoms with Crippen molar-refractivity contribution in [1.29, 1.82) is 0 Å². The van der Waals surface area contributed by atoms with E-state index < -0.39 is 60.6 Å². The van der Waals surface area contributed by atoms with E-state index in [4.69, 9.17) is 0 Å². The number of halogens is 6. The fraction of sp³-hybridized carbons (Fsp3) is 0.294. The molecule has 0 aliphatic rings. The second kappa shape index (κ2) is 7.87. The Morgan fingerprint density at radius 1 is 0.967 bits per heavy atom. The maximum Gasteiger partial charge on any atom is 0.416 e. The molecular formula is C17H14F6N2O4S. The molecule has 0 spiro atoms. The van der Waals surface area contributed by atoms with Crippen LogP contribution in [0.1, 0.15) is 29.7 Å². The molecule has 6 nitrogen and oxygen atoms in total. The molecule has 2 aromatic carbocycles. The fourth-order valence-electron chi connectivity index (χ4n) is 2.62. The van der Waals surface area contributed by atoms with E-state index in [1.807, 2.05) is 0 Å². The Bertz CT molecular complexity index is 1030. The summed E-state index contributed by atoms with van der Waals surface area (Å²) in [6.45, 7) is 1.07. The van der Waals surface area contributed by atoms with Crippen LogP contribution in [0, 0.1) is 10.1 Å². The third kappa shape index (κ3) is 4.73. The number of nitro groups is 1. The summed E-state index contributed by atoms with van der Waals surface area (Å²) in [5.74, 6) is 0. The molecule has 0 radical (unpaired) electrons. The number of hydrogen-bond acceptors (Lipinski definition) is 4. The summed E-state index contributed by atoms with van der Waals surface area (Å²) in [6, 6.07) is 3.48. The minimum Gasteiger partial charge on any atom is -0.258 e. The van der Waals surface area contributed by atoms with Crippen LogP contribution in [0.5, 0.6) is 0 Å². The van der Waals surface area contributed by atoms with Crippen LogP contribution in [0.3, 0.4) is 0 Å². The number of hydrogen-bond donors (Lipinski definition) is 0. The first-order chi connectivity index (χ1) is 13.6. The van der Waals surface area contributed by atoms with Crippen LogP contribution >= 0.6 is 0 Å². The van der Waals surface area contributed by atoms with Crippen molar-refractivity contribution in [2.45, 2.75) is 30.2 Å². The van der Waals surface area contributed by atoms with E-state index in [0.29, 0.717) is 16.4 Å². The van der Waals surface area contributed by atoms with Gasteiger partial charge in [0.2, 0.25) is 10.0 Å². The van der Waals surface area contributed by atoms with Gasteiger partial charge in [0.05, 0.1) is 16.1 Å². The van der Waals surface area contributed by atoms with Crippen LogP contribution in [0.15, 0.2) is 47.4 Å². The van der Waals surface area contributed by atoms with Crippen molar-refractivity contribution in [3.8, 4) is 0 Å². The lowest BCUT2D eigenvalue weighted by Gasteiger charge is -2.26. The molecule has 2 aromatic rings. The normalized spacial score (nSPS) is 14.0. The lowest BCUT2D eigenvalue weighted by atomic mass is 10.0. The molecule has 2 rings (SSSR count). The van der Waals surface area contributed by atoms with Crippen molar-refractivity contribution in [2.24, 2.45) is 0 Å². The standard InChI is InChI=1S/C17H14F6N2O4S/c1-10(11-7-12(16(18,19)20)9-13(8-11)17(21,22)23)24(2)30(28,29)15-6-4-3-5-14(15)25(26)27/h3-10H,1-2H3/t10-/m1/s1. The number of benzene rings is 2. The Morgan fingerprint density at radius 2 is 1.43 bits per heavy atom. The van der Waals surface area contributed by atoms with Crippen LogP contribution < -0.4 is 0 Å².